The van der Waals surface area contributed by atoms with Crippen LogP contribution in [0.3, 0.4) is 0 Å². The standard InChI is InChI=1S/C21H27FN2/c1-15(2)17-6-8-18(9-7-17)19-11-21(23)14-24(13-19)12-16-4-3-5-20(22)10-16/h3-10,15,19,21H,11-14,23H2,1-2H3. The molecule has 0 radical (unpaired) electrons. The van der Waals surface area contributed by atoms with Crippen molar-refractivity contribution < 1.29 is 4.39 Å². The van der Waals surface area contributed by atoms with Crippen LogP contribution in [0.4, 0.5) is 4.39 Å². The molecule has 1 saturated heterocycles. The molecule has 3 rings (SSSR count). The molecule has 2 nitrogen and oxygen atoms in total. The smallest absolute Gasteiger partial charge is 0.123 e. The maximum absolute atomic E-state index is 13.4. The summed E-state index contributed by atoms with van der Waals surface area (Å²) >= 11 is 0. The first kappa shape index (κ1) is 17.1. The molecule has 3 heteroatoms. The minimum atomic E-state index is -0.172. The van der Waals surface area contributed by atoms with E-state index in [4.69, 9.17) is 5.73 Å². The van der Waals surface area contributed by atoms with E-state index >= 15 is 0 Å². The van der Waals surface area contributed by atoms with Crippen molar-refractivity contribution in [3.8, 4) is 0 Å². The number of rotatable bonds is 4. The number of hydrogen-bond acceptors (Lipinski definition) is 2. The summed E-state index contributed by atoms with van der Waals surface area (Å²) in [6.07, 6.45) is 1.01. The van der Waals surface area contributed by atoms with E-state index in [-0.39, 0.29) is 11.9 Å². The summed E-state index contributed by atoms with van der Waals surface area (Å²) in [6, 6.07) is 16.0. The fourth-order valence-corrected chi connectivity index (χ4v) is 3.65. The lowest BCUT2D eigenvalue weighted by molar-refractivity contribution is 0.181. The highest BCUT2D eigenvalue weighted by molar-refractivity contribution is 5.28. The Bertz CT molecular complexity index is 666. The van der Waals surface area contributed by atoms with Crippen LogP contribution in [0, 0.1) is 5.82 Å². The summed E-state index contributed by atoms with van der Waals surface area (Å²) in [5.41, 5.74) is 10.0. The van der Waals surface area contributed by atoms with Gasteiger partial charge in [-0.05, 0) is 47.1 Å². The van der Waals surface area contributed by atoms with Crippen molar-refractivity contribution in [3.63, 3.8) is 0 Å². The molecule has 2 aromatic carbocycles. The zero-order chi connectivity index (χ0) is 17.1. The number of benzene rings is 2. The van der Waals surface area contributed by atoms with Gasteiger partial charge in [0.05, 0.1) is 0 Å². The van der Waals surface area contributed by atoms with E-state index in [0.29, 0.717) is 11.8 Å². The van der Waals surface area contributed by atoms with Gasteiger partial charge in [0.1, 0.15) is 5.82 Å². The number of hydrogen-bond donors (Lipinski definition) is 1. The second-order valence-electron chi connectivity index (χ2n) is 7.34. The lowest BCUT2D eigenvalue weighted by atomic mass is 9.87. The van der Waals surface area contributed by atoms with E-state index in [1.165, 1.54) is 17.2 Å². The van der Waals surface area contributed by atoms with Gasteiger partial charge < -0.3 is 5.73 Å². The highest BCUT2D eigenvalue weighted by atomic mass is 19.1. The van der Waals surface area contributed by atoms with E-state index in [1.807, 2.05) is 6.07 Å². The van der Waals surface area contributed by atoms with E-state index in [9.17, 15) is 4.39 Å². The van der Waals surface area contributed by atoms with Crippen molar-refractivity contribution in [1.29, 1.82) is 0 Å². The van der Waals surface area contributed by atoms with Crippen LogP contribution in [0.25, 0.3) is 0 Å². The summed E-state index contributed by atoms with van der Waals surface area (Å²) in [4.78, 5) is 2.35. The van der Waals surface area contributed by atoms with Gasteiger partial charge in [-0.2, -0.15) is 0 Å². The molecule has 1 fully saturated rings. The van der Waals surface area contributed by atoms with Gasteiger partial charge in [-0.15, -0.1) is 0 Å². The largest absolute Gasteiger partial charge is 0.327 e. The quantitative estimate of drug-likeness (QED) is 0.909. The molecule has 2 N–H and O–H groups in total. The Morgan fingerprint density at radius 1 is 1.12 bits per heavy atom. The van der Waals surface area contributed by atoms with Gasteiger partial charge >= 0.3 is 0 Å². The third-order valence-electron chi connectivity index (χ3n) is 4.93. The van der Waals surface area contributed by atoms with Gasteiger partial charge in [0, 0.05) is 25.7 Å². The molecule has 128 valence electrons. The number of piperidine rings is 1. The second-order valence-corrected chi connectivity index (χ2v) is 7.34. The van der Waals surface area contributed by atoms with E-state index in [1.54, 1.807) is 12.1 Å². The lowest BCUT2D eigenvalue weighted by Gasteiger charge is -2.36. The van der Waals surface area contributed by atoms with Gasteiger partial charge in [0.2, 0.25) is 0 Å². The van der Waals surface area contributed by atoms with Crippen LogP contribution in [0.15, 0.2) is 48.5 Å². The molecule has 2 atom stereocenters. The normalized spacial score (nSPS) is 22.0. The first-order valence-electron chi connectivity index (χ1n) is 8.83. The Labute approximate surface area is 144 Å². The van der Waals surface area contributed by atoms with Gasteiger partial charge in [-0.1, -0.05) is 50.2 Å². The van der Waals surface area contributed by atoms with Crippen LogP contribution in [0.1, 0.15) is 48.8 Å². The van der Waals surface area contributed by atoms with E-state index < -0.39 is 0 Å². The zero-order valence-electron chi connectivity index (χ0n) is 14.6. The van der Waals surface area contributed by atoms with E-state index in [0.717, 1.165) is 31.6 Å². The Morgan fingerprint density at radius 3 is 2.54 bits per heavy atom. The van der Waals surface area contributed by atoms with Crippen LogP contribution >= 0.6 is 0 Å². The molecule has 0 aromatic heterocycles. The zero-order valence-corrected chi connectivity index (χ0v) is 14.6. The lowest BCUT2D eigenvalue weighted by Crippen LogP contribution is -2.45. The Balaban J connectivity index is 1.71. The topological polar surface area (TPSA) is 29.3 Å². The summed E-state index contributed by atoms with van der Waals surface area (Å²) < 4.78 is 13.4. The summed E-state index contributed by atoms with van der Waals surface area (Å²) in [7, 11) is 0. The van der Waals surface area contributed by atoms with Gasteiger partial charge in [0.15, 0.2) is 0 Å². The Morgan fingerprint density at radius 2 is 1.88 bits per heavy atom. The third-order valence-corrected chi connectivity index (χ3v) is 4.93. The predicted octanol–water partition coefficient (Wildman–Crippen LogP) is 4.27. The predicted molar refractivity (Wildman–Crippen MR) is 97.5 cm³/mol. The van der Waals surface area contributed by atoms with Gasteiger partial charge in [-0.25, -0.2) is 4.39 Å². The molecule has 0 saturated carbocycles. The average Bonchev–Trinajstić information content (AvgIpc) is 2.54. The van der Waals surface area contributed by atoms with Crippen molar-refractivity contribution in [2.45, 2.75) is 44.7 Å². The van der Waals surface area contributed by atoms with Crippen molar-refractivity contribution >= 4 is 0 Å². The van der Waals surface area contributed by atoms with Crippen LogP contribution in [-0.2, 0) is 6.54 Å². The average molecular weight is 326 g/mol. The Hall–Kier alpha value is -1.71. The molecule has 0 aliphatic carbocycles. The van der Waals surface area contributed by atoms with Crippen molar-refractivity contribution in [1.82, 2.24) is 4.90 Å². The molecule has 0 spiro atoms. The van der Waals surface area contributed by atoms with Gasteiger partial charge in [0.25, 0.3) is 0 Å². The second kappa shape index (κ2) is 7.45. The van der Waals surface area contributed by atoms with Gasteiger partial charge in [-0.3, -0.25) is 4.90 Å². The molecule has 0 amide bonds. The fraction of sp³-hybridized carbons (Fsp3) is 0.429. The fourth-order valence-electron chi connectivity index (χ4n) is 3.65. The van der Waals surface area contributed by atoms with Crippen LogP contribution in [0.5, 0.6) is 0 Å². The summed E-state index contributed by atoms with van der Waals surface area (Å²) in [5.74, 6) is 0.829. The van der Waals surface area contributed by atoms with Crippen LogP contribution < -0.4 is 5.73 Å². The highest BCUT2D eigenvalue weighted by Gasteiger charge is 2.26. The first-order valence-corrected chi connectivity index (χ1v) is 8.83. The number of likely N-dealkylation sites (tertiary alicyclic amines) is 1. The molecule has 24 heavy (non-hydrogen) atoms. The minimum Gasteiger partial charge on any atom is -0.327 e. The molecule has 2 aromatic rings. The summed E-state index contributed by atoms with van der Waals surface area (Å²) in [6.45, 7) is 7.03. The molecule has 1 aliphatic rings. The Kier molecular flexibility index (Phi) is 5.32. The molecular formula is C21H27FN2. The SMILES string of the molecule is CC(C)c1ccc(C2CC(N)CN(Cc3cccc(F)c3)C2)cc1. The van der Waals surface area contributed by atoms with Crippen molar-refractivity contribution in [3.05, 3.63) is 71.0 Å². The van der Waals surface area contributed by atoms with Crippen LogP contribution in [0.2, 0.25) is 0 Å². The third kappa shape index (κ3) is 4.22. The first-order chi connectivity index (χ1) is 11.5. The number of halogens is 1. The number of nitrogens with zero attached hydrogens (tertiary/aromatic N) is 1. The van der Waals surface area contributed by atoms with Crippen molar-refractivity contribution in [2.75, 3.05) is 13.1 Å². The highest BCUT2D eigenvalue weighted by Crippen LogP contribution is 2.28. The molecule has 0 bridgehead atoms. The van der Waals surface area contributed by atoms with E-state index in [2.05, 4.69) is 43.0 Å². The number of nitrogens with two attached hydrogens (primary N) is 1. The maximum atomic E-state index is 13.4. The summed E-state index contributed by atoms with van der Waals surface area (Å²) in [5, 5.41) is 0. The molecule has 1 heterocycles. The van der Waals surface area contributed by atoms with Crippen molar-refractivity contribution in [2.24, 2.45) is 5.73 Å². The molecule has 1 aliphatic heterocycles. The molecule has 2 unspecified atom stereocenters. The minimum absolute atomic E-state index is 0.169. The molecular weight excluding hydrogens is 299 g/mol. The maximum Gasteiger partial charge on any atom is 0.123 e. The monoisotopic (exact) mass is 326 g/mol. The van der Waals surface area contributed by atoms with Crippen LogP contribution in [-0.4, -0.2) is 24.0 Å².